The molecule has 3 aliphatic rings. The van der Waals surface area contributed by atoms with Gasteiger partial charge in [0, 0.05) is 19.0 Å². The van der Waals surface area contributed by atoms with Gasteiger partial charge in [-0.15, -0.1) is 0 Å². The lowest BCUT2D eigenvalue weighted by Crippen LogP contribution is -2.50. The van der Waals surface area contributed by atoms with Crippen LogP contribution in [0.2, 0.25) is 0 Å². The molecule has 7 heteroatoms. The molecule has 2 fully saturated rings. The van der Waals surface area contributed by atoms with Crippen molar-refractivity contribution in [2.45, 2.75) is 31.7 Å². The summed E-state index contributed by atoms with van der Waals surface area (Å²) in [6, 6.07) is 15.6. The number of hydrogen-bond acceptors (Lipinski definition) is 4. The largest absolute Gasteiger partial charge is 0.481 e. The molecule has 7 nitrogen and oxygen atoms in total. The molecular weight excluding hydrogens is 420 g/mol. The zero-order chi connectivity index (χ0) is 23.1. The molecule has 1 aliphatic heterocycles. The second-order valence-corrected chi connectivity index (χ2v) is 9.20. The van der Waals surface area contributed by atoms with Crippen LogP contribution in [0.25, 0.3) is 11.1 Å². The predicted molar refractivity (Wildman–Crippen MR) is 122 cm³/mol. The van der Waals surface area contributed by atoms with Crippen molar-refractivity contribution >= 4 is 18.0 Å². The molecule has 3 unspecified atom stereocenters. The summed E-state index contributed by atoms with van der Waals surface area (Å²) in [5.41, 5.74) is 4.59. The minimum atomic E-state index is -0.775. The highest BCUT2D eigenvalue weighted by molar-refractivity contribution is 5.86. The van der Waals surface area contributed by atoms with Gasteiger partial charge in [0.05, 0.1) is 5.92 Å². The fraction of sp³-hybridized carbons (Fsp3) is 0.423. The lowest BCUT2D eigenvalue weighted by molar-refractivity contribution is -0.139. The van der Waals surface area contributed by atoms with Gasteiger partial charge in [-0.3, -0.25) is 9.59 Å². The van der Waals surface area contributed by atoms with Crippen LogP contribution in [0.1, 0.15) is 36.8 Å². The number of nitrogens with zero attached hydrogens (tertiary/aromatic N) is 1. The van der Waals surface area contributed by atoms with Crippen molar-refractivity contribution in [1.29, 1.82) is 0 Å². The molecule has 5 rings (SSSR count). The van der Waals surface area contributed by atoms with Gasteiger partial charge in [-0.2, -0.15) is 0 Å². The van der Waals surface area contributed by atoms with E-state index in [0.717, 1.165) is 22.3 Å². The molecule has 172 valence electrons. The quantitative estimate of drug-likeness (QED) is 0.705. The minimum absolute atomic E-state index is 0.0344. The van der Waals surface area contributed by atoms with E-state index in [0.29, 0.717) is 25.9 Å². The molecule has 1 heterocycles. The van der Waals surface area contributed by atoms with E-state index in [1.54, 1.807) is 4.90 Å². The standard InChI is InChI=1S/C26H28N2O5/c1-2-22(24(29)28-12-11-19-20(13-28)23(19)25(30)31)27-26(32)33-14-21-17-9-5-3-7-15(17)16-8-4-6-10-18(16)21/h3-10,19-23H,2,11-14H2,1H3,(H,27,32)(H,30,31)/t19?,20?,22-,23?/m1/s1. The molecule has 2 N–H and O–H groups in total. The molecule has 2 aromatic carbocycles. The maximum atomic E-state index is 13.0. The van der Waals surface area contributed by atoms with Crippen LogP contribution >= 0.6 is 0 Å². The van der Waals surface area contributed by atoms with Crippen LogP contribution in [-0.4, -0.2) is 53.7 Å². The highest BCUT2D eigenvalue weighted by atomic mass is 16.5. The van der Waals surface area contributed by atoms with Crippen molar-refractivity contribution in [3.8, 4) is 11.1 Å². The average Bonchev–Trinajstić information content (AvgIpc) is 3.48. The molecule has 4 atom stereocenters. The average molecular weight is 449 g/mol. The second kappa shape index (κ2) is 8.54. The Morgan fingerprint density at radius 1 is 1.06 bits per heavy atom. The molecule has 2 aliphatic carbocycles. The van der Waals surface area contributed by atoms with Crippen LogP contribution in [0.3, 0.4) is 0 Å². The van der Waals surface area contributed by atoms with Gasteiger partial charge in [-0.25, -0.2) is 4.79 Å². The van der Waals surface area contributed by atoms with Gasteiger partial charge in [0.15, 0.2) is 0 Å². The minimum Gasteiger partial charge on any atom is -0.481 e. The van der Waals surface area contributed by atoms with Crippen molar-refractivity contribution in [1.82, 2.24) is 10.2 Å². The number of carbonyl (C=O) groups is 3. The van der Waals surface area contributed by atoms with E-state index in [9.17, 15) is 19.5 Å². The van der Waals surface area contributed by atoms with Crippen molar-refractivity contribution in [2.75, 3.05) is 19.7 Å². The van der Waals surface area contributed by atoms with E-state index >= 15 is 0 Å². The number of carboxylic acid groups (broad SMARTS) is 1. The lowest BCUT2D eigenvalue weighted by Gasteiger charge is -2.30. The third kappa shape index (κ3) is 3.86. The monoisotopic (exact) mass is 448 g/mol. The summed E-state index contributed by atoms with van der Waals surface area (Å²) < 4.78 is 5.59. The Morgan fingerprint density at radius 2 is 1.70 bits per heavy atom. The maximum absolute atomic E-state index is 13.0. The topological polar surface area (TPSA) is 95.9 Å². The van der Waals surface area contributed by atoms with Crippen molar-refractivity contribution in [2.24, 2.45) is 17.8 Å². The van der Waals surface area contributed by atoms with Crippen molar-refractivity contribution in [3.05, 3.63) is 59.7 Å². The first-order valence-electron chi connectivity index (χ1n) is 11.6. The number of alkyl carbamates (subject to hydrolysis) is 1. The maximum Gasteiger partial charge on any atom is 0.407 e. The van der Waals surface area contributed by atoms with Gasteiger partial charge in [0.25, 0.3) is 0 Å². The first kappa shape index (κ1) is 21.5. The summed E-state index contributed by atoms with van der Waals surface area (Å²) in [6.45, 7) is 3.02. The number of ether oxygens (including phenoxy) is 1. The number of carboxylic acids is 1. The highest BCUT2D eigenvalue weighted by Crippen LogP contribution is 2.51. The van der Waals surface area contributed by atoms with E-state index in [4.69, 9.17) is 4.74 Å². The normalized spacial score (nSPS) is 23.7. The SMILES string of the molecule is CC[C@@H](NC(=O)OCC1c2ccccc2-c2ccccc21)C(=O)N1CCC2C(C1)C2C(=O)O. The van der Waals surface area contributed by atoms with Gasteiger partial charge in [0.2, 0.25) is 5.91 Å². The van der Waals surface area contributed by atoms with Crippen molar-refractivity contribution < 1.29 is 24.2 Å². The van der Waals surface area contributed by atoms with Gasteiger partial charge in [-0.05, 0) is 46.9 Å². The third-order valence-corrected chi connectivity index (χ3v) is 7.43. The van der Waals surface area contributed by atoms with E-state index in [2.05, 4.69) is 29.6 Å². The van der Waals surface area contributed by atoms with E-state index in [1.807, 2.05) is 31.2 Å². The molecule has 0 radical (unpaired) electrons. The Bertz CT molecular complexity index is 1050. The Morgan fingerprint density at radius 3 is 2.30 bits per heavy atom. The number of piperidine rings is 1. The summed E-state index contributed by atoms with van der Waals surface area (Å²) in [7, 11) is 0. The molecule has 0 aromatic heterocycles. The number of nitrogens with one attached hydrogen (secondary N) is 1. The number of likely N-dealkylation sites (tertiary alicyclic amines) is 1. The van der Waals surface area contributed by atoms with E-state index < -0.39 is 18.1 Å². The molecule has 1 saturated carbocycles. The lowest BCUT2D eigenvalue weighted by atomic mass is 9.98. The first-order chi connectivity index (χ1) is 16.0. The molecule has 0 spiro atoms. The number of fused-ring (bicyclic) bond motifs is 4. The van der Waals surface area contributed by atoms with Gasteiger partial charge in [0.1, 0.15) is 12.6 Å². The van der Waals surface area contributed by atoms with Crippen molar-refractivity contribution in [3.63, 3.8) is 0 Å². The zero-order valence-corrected chi connectivity index (χ0v) is 18.6. The molecule has 2 amide bonds. The number of amides is 2. The second-order valence-electron chi connectivity index (χ2n) is 9.20. The number of rotatable bonds is 6. The number of aliphatic carboxylic acids is 1. The van der Waals surface area contributed by atoms with Gasteiger partial charge in [-0.1, -0.05) is 55.5 Å². The van der Waals surface area contributed by atoms with Crippen LogP contribution in [0.15, 0.2) is 48.5 Å². The number of hydrogen-bond donors (Lipinski definition) is 2. The molecular formula is C26H28N2O5. The van der Waals surface area contributed by atoms with Crippen LogP contribution in [0.5, 0.6) is 0 Å². The molecule has 2 aromatic rings. The van der Waals surface area contributed by atoms with Crippen LogP contribution in [-0.2, 0) is 14.3 Å². The summed E-state index contributed by atoms with van der Waals surface area (Å²) in [6.07, 6.45) is 0.534. The molecule has 1 saturated heterocycles. The van der Waals surface area contributed by atoms with E-state index in [1.165, 1.54) is 0 Å². The van der Waals surface area contributed by atoms with Gasteiger partial charge < -0.3 is 20.1 Å². The summed E-state index contributed by atoms with van der Waals surface area (Å²) in [5.74, 6) is -1.10. The number of carbonyl (C=O) groups excluding carboxylic acids is 2. The Hall–Kier alpha value is -3.35. The highest BCUT2D eigenvalue weighted by Gasteiger charge is 2.57. The predicted octanol–water partition coefficient (Wildman–Crippen LogP) is 3.48. The Kier molecular flexibility index (Phi) is 5.56. The zero-order valence-electron chi connectivity index (χ0n) is 18.6. The Labute approximate surface area is 192 Å². The summed E-state index contributed by atoms with van der Waals surface area (Å²) in [5, 5.41) is 12.0. The summed E-state index contributed by atoms with van der Waals surface area (Å²) in [4.78, 5) is 38.6. The smallest absolute Gasteiger partial charge is 0.407 e. The van der Waals surface area contributed by atoms with Gasteiger partial charge >= 0.3 is 12.1 Å². The first-order valence-corrected chi connectivity index (χ1v) is 11.6. The third-order valence-electron chi connectivity index (χ3n) is 7.43. The Balaban J connectivity index is 1.19. The molecule has 0 bridgehead atoms. The fourth-order valence-corrected chi connectivity index (χ4v) is 5.65. The van der Waals surface area contributed by atoms with Crippen LogP contribution < -0.4 is 5.32 Å². The van der Waals surface area contributed by atoms with Crippen LogP contribution in [0.4, 0.5) is 4.79 Å². The number of benzene rings is 2. The fourth-order valence-electron chi connectivity index (χ4n) is 5.65. The summed E-state index contributed by atoms with van der Waals surface area (Å²) >= 11 is 0. The molecule has 33 heavy (non-hydrogen) atoms. The van der Waals surface area contributed by atoms with E-state index in [-0.39, 0.29) is 36.2 Å². The van der Waals surface area contributed by atoms with Crippen LogP contribution in [0, 0.1) is 17.8 Å².